The van der Waals surface area contributed by atoms with E-state index in [0.717, 1.165) is 12.8 Å². The predicted molar refractivity (Wildman–Crippen MR) is 89.5 cm³/mol. The molecule has 7 heteroatoms. The zero-order chi connectivity index (χ0) is 17.3. The van der Waals surface area contributed by atoms with Crippen LogP contribution in [0, 0.1) is 11.8 Å². The summed E-state index contributed by atoms with van der Waals surface area (Å²) < 4.78 is 0. The van der Waals surface area contributed by atoms with Crippen molar-refractivity contribution in [2.75, 3.05) is 6.54 Å². The summed E-state index contributed by atoms with van der Waals surface area (Å²) in [5, 5.41) is 13.8. The summed E-state index contributed by atoms with van der Waals surface area (Å²) in [5.74, 6) is -2.38. The zero-order valence-corrected chi connectivity index (χ0v) is 14.5. The van der Waals surface area contributed by atoms with Crippen LogP contribution in [0.2, 0.25) is 0 Å². The number of carboxylic acids is 1. The Morgan fingerprint density at radius 1 is 1.42 bits per heavy atom. The van der Waals surface area contributed by atoms with Gasteiger partial charge in [0.25, 0.3) is 0 Å². The van der Waals surface area contributed by atoms with Crippen LogP contribution >= 0.6 is 11.3 Å². The quantitative estimate of drug-likeness (QED) is 0.816. The molecule has 1 fully saturated rings. The van der Waals surface area contributed by atoms with Crippen LogP contribution in [0.5, 0.6) is 0 Å². The van der Waals surface area contributed by atoms with E-state index < -0.39 is 23.8 Å². The molecule has 6 nitrogen and oxygen atoms in total. The minimum absolute atomic E-state index is 0.0606. The summed E-state index contributed by atoms with van der Waals surface area (Å²) in [5.41, 5.74) is 1.19. The molecule has 24 heavy (non-hydrogen) atoms. The molecule has 0 saturated heterocycles. The number of carboxylic acid groups (broad SMARTS) is 1. The molecule has 3 unspecified atom stereocenters. The van der Waals surface area contributed by atoms with Gasteiger partial charge in [-0.15, -0.1) is 11.3 Å². The van der Waals surface area contributed by atoms with E-state index >= 15 is 0 Å². The number of fused-ring (bicyclic) bond motifs is 1. The second-order valence-corrected chi connectivity index (χ2v) is 7.52. The van der Waals surface area contributed by atoms with E-state index in [4.69, 9.17) is 5.11 Å². The van der Waals surface area contributed by atoms with E-state index in [-0.39, 0.29) is 11.8 Å². The number of hydrogen-bond donors (Lipinski definition) is 2. The fourth-order valence-corrected chi connectivity index (χ4v) is 4.13. The maximum absolute atomic E-state index is 12.8. The molecule has 0 spiro atoms. The molecule has 1 saturated carbocycles. The van der Waals surface area contributed by atoms with Crippen LogP contribution in [-0.4, -0.2) is 40.4 Å². The van der Waals surface area contributed by atoms with Gasteiger partial charge >= 0.3 is 5.97 Å². The van der Waals surface area contributed by atoms with E-state index in [9.17, 15) is 14.4 Å². The Hall–Kier alpha value is -1.89. The van der Waals surface area contributed by atoms with Gasteiger partial charge in [-0.05, 0) is 36.3 Å². The maximum Gasteiger partial charge on any atom is 0.307 e. The number of nitrogens with one attached hydrogen (secondary N) is 1. The number of carbonyl (C=O) groups excluding carboxylic acids is 2. The van der Waals surface area contributed by atoms with Gasteiger partial charge < -0.3 is 15.3 Å². The van der Waals surface area contributed by atoms with E-state index in [1.165, 1.54) is 10.4 Å². The molecule has 1 aromatic heterocycles. The fraction of sp³-hybridized carbons (Fsp3) is 0.588. The highest BCUT2D eigenvalue weighted by atomic mass is 32.1. The van der Waals surface area contributed by atoms with Crippen molar-refractivity contribution in [1.82, 2.24) is 10.2 Å². The Kier molecular flexibility index (Phi) is 4.89. The van der Waals surface area contributed by atoms with Gasteiger partial charge in [-0.3, -0.25) is 14.4 Å². The van der Waals surface area contributed by atoms with Gasteiger partial charge in [0, 0.05) is 18.0 Å². The summed E-state index contributed by atoms with van der Waals surface area (Å²) in [6.45, 7) is 3.23. The molecule has 1 aliphatic carbocycles. The third kappa shape index (κ3) is 3.45. The minimum atomic E-state index is -0.936. The first kappa shape index (κ1) is 17.0. The molecule has 2 aliphatic rings. The number of nitrogens with zero attached hydrogens (tertiary/aromatic N) is 1. The lowest BCUT2D eigenvalue weighted by Gasteiger charge is -2.31. The molecule has 2 heterocycles. The second-order valence-electron chi connectivity index (χ2n) is 6.52. The number of thiophene rings is 1. The average Bonchev–Trinajstić information content (AvgIpc) is 3.24. The lowest BCUT2D eigenvalue weighted by molar-refractivity contribution is -0.140. The minimum Gasteiger partial charge on any atom is -0.481 e. The highest BCUT2D eigenvalue weighted by molar-refractivity contribution is 7.10. The highest BCUT2D eigenvalue weighted by Crippen LogP contribution is 2.38. The third-order valence-electron chi connectivity index (χ3n) is 4.76. The van der Waals surface area contributed by atoms with Gasteiger partial charge in [-0.25, -0.2) is 0 Å². The Morgan fingerprint density at radius 2 is 2.21 bits per heavy atom. The molecule has 3 atom stereocenters. The van der Waals surface area contributed by atoms with Crippen LogP contribution < -0.4 is 5.32 Å². The fourth-order valence-electron chi connectivity index (χ4n) is 3.24. The van der Waals surface area contributed by atoms with Crippen LogP contribution in [-0.2, 0) is 27.3 Å². The first-order chi connectivity index (χ1) is 11.5. The molecule has 1 aromatic rings. The summed E-state index contributed by atoms with van der Waals surface area (Å²) in [4.78, 5) is 39.1. The smallest absolute Gasteiger partial charge is 0.307 e. The predicted octanol–water partition coefficient (Wildman–Crippen LogP) is 1.64. The van der Waals surface area contributed by atoms with Crippen molar-refractivity contribution in [2.45, 2.75) is 45.2 Å². The third-order valence-corrected chi connectivity index (χ3v) is 5.78. The molecule has 2 N–H and O–H groups in total. The average molecular weight is 350 g/mol. The molecular weight excluding hydrogens is 328 g/mol. The molecule has 130 valence electrons. The highest BCUT2D eigenvalue weighted by Gasteiger charge is 2.49. The number of amides is 2. The van der Waals surface area contributed by atoms with Crippen molar-refractivity contribution in [1.29, 1.82) is 0 Å². The van der Waals surface area contributed by atoms with Gasteiger partial charge in [0.2, 0.25) is 11.8 Å². The van der Waals surface area contributed by atoms with Crippen molar-refractivity contribution >= 4 is 29.1 Å². The van der Waals surface area contributed by atoms with Crippen LogP contribution in [0.1, 0.15) is 36.6 Å². The van der Waals surface area contributed by atoms with E-state index in [1.807, 2.05) is 12.3 Å². The zero-order valence-electron chi connectivity index (χ0n) is 13.7. The number of rotatable bonds is 6. The maximum atomic E-state index is 12.8. The summed E-state index contributed by atoms with van der Waals surface area (Å²) in [7, 11) is 0. The Labute approximate surface area is 144 Å². The first-order valence-electron chi connectivity index (χ1n) is 8.38. The second kappa shape index (κ2) is 6.93. The summed E-state index contributed by atoms with van der Waals surface area (Å²) in [6, 6.07) is 1.49. The van der Waals surface area contributed by atoms with Gasteiger partial charge in [0.15, 0.2) is 0 Å². The van der Waals surface area contributed by atoms with Crippen molar-refractivity contribution in [3.8, 4) is 0 Å². The molecule has 1 aliphatic heterocycles. The van der Waals surface area contributed by atoms with E-state index in [1.54, 1.807) is 16.2 Å². The molecule has 0 radical (unpaired) electrons. The van der Waals surface area contributed by atoms with Crippen LogP contribution in [0.4, 0.5) is 0 Å². The van der Waals surface area contributed by atoms with E-state index in [2.05, 4.69) is 11.4 Å². The van der Waals surface area contributed by atoms with Gasteiger partial charge in [-0.2, -0.15) is 0 Å². The molecule has 0 bridgehead atoms. The molecule has 0 aromatic carbocycles. The molecule has 2 amide bonds. The Morgan fingerprint density at radius 3 is 2.88 bits per heavy atom. The largest absolute Gasteiger partial charge is 0.481 e. The first-order valence-corrected chi connectivity index (χ1v) is 9.26. The lowest BCUT2D eigenvalue weighted by atomic mass is 10.1. The van der Waals surface area contributed by atoms with Crippen molar-refractivity contribution in [2.24, 2.45) is 11.8 Å². The Bertz CT molecular complexity index is 657. The molecular formula is C17H22N2O4S. The summed E-state index contributed by atoms with van der Waals surface area (Å²) in [6.07, 6.45) is 2.58. The van der Waals surface area contributed by atoms with Crippen LogP contribution in [0.25, 0.3) is 0 Å². The van der Waals surface area contributed by atoms with Crippen LogP contribution in [0.15, 0.2) is 11.4 Å². The van der Waals surface area contributed by atoms with Gasteiger partial charge in [0.1, 0.15) is 6.04 Å². The van der Waals surface area contributed by atoms with Gasteiger partial charge in [-0.1, -0.05) is 13.3 Å². The summed E-state index contributed by atoms with van der Waals surface area (Å²) >= 11 is 1.72. The van der Waals surface area contributed by atoms with E-state index in [0.29, 0.717) is 25.9 Å². The van der Waals surface area contributed by atoms with Crippen molar-refractivity contribution in [3.63, 3.8) is 0 Å². The standard InChI is InChI=1S/C17H22N2O4S/c1-2-3-13(18-15(20)11-8-12(11)17(22)23)16(21)19-6-4-14-10(9-19)5-7-24-14/h5,7,11-13H,2-4,6,8-9H2,1H3,(H,18,20)(H,22,23). The molecule has 3 rings (SSSR count). The monoisotopic (exact) mass is 350 g/mol. The lowest BCUT2D eigenvalue weighted by Crippen LogP contribution is -2.50. The Balaban J connectivity index is 1.62. The normalized spacial score (nSPS) is 23.3. The number of hydrogen-bond acceptors (Lipinski definition) is 4. The number of carbonyl (C=O) groups is 3. The number of aliphatic carboxylic acids is 1. The van der Waals surface area contributed by atoms with Crippen molar-refractivity contribution in [3.05, 3.63) is 21.9 Å². The van der Waals surface area contributed by atoms with Crippen molar-refractivity contribution < 1.29 is 19.5 Å². The SMILES string of the molecule is CCCC(NC(=O)C1CC1C(=O)O)C(=O)N1CCc2sccc2C1. The van der Waals surface area contributed by atoms with Crippen LogP contribution in [0.3, 0.4) is 0 Å². The van der Waals surface area contributed by atoms with Gasteiger partial charge in [0.05, 0.1) is 11.8 Å². The topological polar surface area (TPSA) is 86.7 Å².